The average molecular weight is 448 g/mol. The maximum Gasteiger partial charge on any atom is 0.257 e. The molecule has 2 aliphatic rings. The number of benzene rings is 2. The van der Waals surface area contributed by atoms with E-state index in [1.54, 1.807) is 25.2 Å². The van der Waals surface area contributed by atoms with Gasteiger partial charge in [-0.15, -0.1) is 10.2 Å². The van der Waals surface area contributed by atoms with Crippen LogP contribution in [0.15, 0.2) is 47.2 Å². The molecule has 0 saturated heterocycles. The Kier molecular flexibility index (Phi) is 5.45. The van der Waals surface area contributed by atoms with Gasteiger partial charge in [0, 0.05) is 12.5 Å². The second-order valence-electron chi connectivity index (χ2n) is 8.20. The monoisotopic (exact) mass is 448 g/mol. The lowest BCUT2D eigenvalue weighted by atomic mass is 10.0. The molecule has 5 rings (SSSR count). The zero-order valence-electron chi connectivity index (χ0n) is 18.4. The molecule has 1 atom stereocenters. The van der Waals surface area contributed by atoms with Gasteiger partial charge in [0.05, 0.1) is 37.9 Å². The Morgan fingerprint density at radius 2 is 2.03 bits per heavy atom. The van der Waals surface area contributed by atoms with Crippen LogP contribution in [-0.4, -0.2) is 41.1 Å². The lowest BCUT2D eigenvalue weighted by Crippen LogP contribution is -2.31. The summed E-state index contributed by atoms with van der Waals surface area (Å²) in [6.07, 6.45) is 3.39. The Bertz CT molecular complexity index is 1190. The first kappa shape index (κ1) is 21.0. The van der Waals surface area contributed by atoms with Crippen molar-refractivity contribution in [2.45, 2.75) is 31.8 Å². The zero-order chi connectivity index (χ0) is 22.9. The van der Waals surface area contributed by atoms with Crippen molar-refractivity contribution in [3.63, 3.8) is 0 Å². The first-order valence-corrected chi connectivity index (χ1v) is 10.8. The van der Waals surface area contributed by atoms with Crippen molar-refractivity contribution in [1.82, 2.24) is 15.1 Å². The summed E-state index contributed by atoms with van der Waals surface area (Å²) in [5.74, 6) is 1.44. The van der Waals surface area contributed by atoms with E-state index in [1.165, 1.54) is 6.39 Å². The summed E-state index contributed by atoms with van der Waals surface area (Å²) in [5, 5.41) is 10.7. The van der Waals surface area contributed by atoms with Crippen LogP contribution in [0.3, 0.4) is 0 Å². The highest BCUT2D eigenvalue weighted by molar-refractivity contribution is 6.07. The van der Waals surface area contributed by atoms with Gasteiger partial charge in [-0.05, 0) is 42.2 Å². The molecule has 0 bridgehead atoms. The number of anilines is 1. The van der Waals surface area contributed by atoms with Gasteiger partial charge in [-0.25, -0.2) is 0 Å². The molecule has 2 heterocycles. The van der Waals surface area contributed by atoms with Crippen LogP contribution < -0.4 is 14.8 Å². The second kappa shape index (κ2) is 8.57. The fourth-order valence-electron chi connectivity index (χ4n) is 4.24. The number of ether oxygens (including phenoxy) is 2. The molecule has 1 unspecified atom stereocenters. The molecule has 3 aromatic rings. The van der Waals surface area contributed by atoms with Gasteiger partial charge >= 0.3 is 0 Å². The maximum atomic E-state index is 13.7. The Labute approximate surface area is 190 Å². The van der Waals surface area contributed by atoms with Crippen LogP contribution in [-0.2, 0) is 17.8 Å². The molecule has 1 aromatic heterocycles. The predicted octanol–water partition coefficient (Wildman–Crippen LogP) is 3.38. The van der Waals surface area contributed by atoms with E-state index in [2.05, 4.69) is 15.5 Å². The molecule has 2 amide bonds. The standard InChI is InChI=1S/C24H24N4O5/c1-31-19-9-8-15(10-20(19)32-2)18(11-21-27-25-13-33-21)28-12-16-4-3-5-17(22(16)24(28)30)26-23(29)14-6-7-14/h3-5,8-10,13-14,18H,6-7,11-12H2,1-2H3,(H,26,29). The van der Waals surface area contributed by atoms with Crippen molar-refractivity contribution in [3.05, 3.63) is 65.4 Å². The highest BCUT2D eigenvalue weighted by Crippen LogP contribution is 2.39. The highest BCUT2D eigenvalue weighted by Gasteiger charge is 2.37. The van der Waals surface area contributed by atoms with Gasteiger partial charge in [-0.1, -0.05) is 18.2 Å². The van der Waals surface area contributed by atoms with E-state index >= 15 is 0 Å². The summed E-state index contributed by atoms with van der Waals surface area (Å²) in [6, 6.07) is 10.7. The fourth-order valence-corrected chi connectivity index (χ4v) is 4.24. The van der Waals surface area contributed by atoms with Gasteiger partial charge in [0.15, 0.2) is 11.5 Å². The largest absolute Gasteiger partial charge is 0.493 e. The maximum absolute atomic E-state index is 13.7. The van der Waals surface area contributed by atoms with Gasteiger partial charge in [0.1, 0.15) is 0 Å². The number of fused-ring (bicyclic) bond motifs is 1. The van der Waals surface area contributed by atoms with Crippen molar-refractivity contribution < 1.29 is 23.5 Å². The van der Waals surface area contributed by atoms with Crippen LogP contribution in [0.1, 0.15) is 46.3 Å². The number of hydrogen-bond acceptors (Lipinski definition) is 7. The van der Waals surface area contributed by atoms with Crippen molar-refractivity contribution in [2.24, 2.45) is 5.92 Å². The molecule has 1 fully saturated rings. The topological polar surface area (TPSA) is 107 Å². The van der Waals surface area contributed by atoms with Gasteiger partial charge in [0.25, 0.3) is 5.91 Å². The number of amides is 2. The smallest absolute Gasteiger partial charge is 0.257 e. The van der Waals surface area contributed by atoms with Crippen molar-refractivity contribution in [3.8, 4) is 11.5 Å². The molecule has 1 aliphatic carbocycles. The van der Waals surface area contributed by atoms with E-state index < -0.39 is 6.04 Å². The molecule has 0 spiro atoms. The molecular weight excluding hydrogens is 424 g/mol. The van der Waals surface area contributed by atoms with Crippen LogP contribution in [0, 0.1) is 5.92 Å². The SMILES string of the molecule is COc1ccc(C(Cc2nnco2)N2Cc3cccc(NC(=O)C4CC4)c3C2=O)cc1OC. The first-order chi connectivity index (χ1) is 16.1. The van der Waals surface area contributed by atoms with E-state index in [0.29, 0.717) is 41.6 Å². The summed E-state index contributed by atoms with van der Waals surface area (Å²) in [5.41, 5.74) is 2.79. The van der Waals surface area contributed by atoms with Crippen molar-refractivity contribution in [1.29, 1.82) is 0 Å². The normalized spacial score (nSPS) is 15.8. The Hall–Kier alpha value is -3.88. The molecule has 0 radical (unpaired) electrons. The minimum absolute atomic E-state index is 0.0306. The number of nitrogens with one attached hydrogen (secondary N) is 1. The zero-order valence-corrected chi connectivity index (χ0v) is 18.4. The summed E-state index contributed by atoms with van der Waals surface area (Å²) in [4.78, 5) is 27.8. The first-order valence-electron chi connectivity index (χ1n) is 10.8. The molecule has 1 aliphatic heterocycles. The molecule has 2 aromatic carbocycles. The quantitative estimate of drug-likeness (QED) is 0.563. The Morgan fingerprint density at radius 3 is 2.73 bits per heavy atom. The third-order valence-electron chi connectivity index (χ3n) is 6.11. The minimum atomic E-state index is -0.392. The number of carbonyl (C=O) groups excluding carboxylic acids is 2. The van der Waals surface area contributed by atoms with Crippen LogP contribution >= 0.6 is 0 Å². The molecule has 9 heteroatoms. The van der Waals surface area contributed by atoms with Gasteiger partial charge in [-0.3, -0.25) is 9.59 Å². The molecule has 1 saturated carbocycles. The summed E-state index contributed by atoms with van der Waals surface area (Å²) >= 11 is 0. The number of nitrogens with zero attached hydrogens (tertiary/aromatic N) is 3. The van der Waals surface area contributed by atoms with E-state index in [-0.39, 0.29) is 17.7 Å². The van der Waals surface area contributed by atoms with E-state index in [0.717, 1.165) is 24.0 Å². The second-order valence-corrected chi connectivity index (χ2v) is 8.20. The summed E-state index contributed by atoms with van der Waals surface area (Å²) in [7, 11) is 3.14. The van der Waals surface area contributed by atoms with Crippen LogP contribution in [0.5, 0.6) is 11.5 Å². The van der Waals surface area contributed by atoms with Gasteiger partial charge in [-0.2, -0.15) is 0 Å². The fraction of sp³-hybridized carbons (Fsp3) is 0.333. The Morgan fingerprint density at radius 1 is 1.21 bits per heavy atom. The molecular formula is C24H24N4O5. The van der Waals surface area contributed by atoms with Crippen LogP contribution in [0.4, 0.5) is 5.69 Å². The third kappa shape index (κ3) is 4.02. The van der Waals surface area contributed by atoms with E-state index in [4.69, 9.17) is 13.9 Å². The number of methoxy groups -OCH3 is 2. The predicted molar refractivity (Wildman–Crippen MR) is 118 cm³/mol. The molecule has 170 valence electrons. The number of hydrogen-bond donors (Lipinski definition) is 1. The molecule has 33 heavy (non-hydrogen) atoms. The van der Waals surface area contributed by atoms with Gasteiger partial charge < -0.3 is 24.1 Å². The highest BCUT2D eigenvalue weighted by atomic mass is 16.5. The van der Waals surface area contributed by atoms with Crippen molar-refractivity contribution >= 4 is 17.5 Å². The lowest BCUT2D eigenvalue weighted by Gasteiger charge is -2.28. The van der Waals surface area contributed by atoms with Crippen molar-refractivity contribution in [2.75, 3.05) is 19.5 Å². The van der Waals surface area contributed by atoms with E-state index in [1.807, 2.05) is 30.3 Å². The lowest BCUT2D eigenvalue weighted by molar-refractivity contribution is -0.117. The Balaban J connectivity index is 1.50. The summed E-state index contributed by atoms with van der Waals surface area (Å²) in [6.45, 7) is 0.397. The van der Waals surface area contributed by atoms with Crippen LogP contribution in [0.25, 0.3) is 0 Å². The van der Waals surface area contributed by atoms with Gasteiger partial charge in [0.2, 0.25) is 18.2 Å². The number of carbonyl (C=O) groups is 2. The average Bonchev–Trinajstić information content (AvgIpc) is 3.46. The molecule has 9 nitrogen and oxygen atoms in total. The third-order valence-corrected chi connectivity index (χ3v) is 6.11. The van der Waals surface area contributed by atoms with E-state index in [9.17, 15) is 9.59 Å². The number of rotatable bonds is 8. The van der Waals surface area contributed by atoms with Crippen LogP contribution in [0.2, 0.25) is 0 Å². The number of aromatic nitrogens is 2. The summed E-state index contributed by atoms with van der Waals surface area (Å²) < 4.78 is 16.2. The molecule has 1 N–H and O–H groups in total. The minimum Gasteiger partial charge on any atom is -0.493 e.